The largest absolute Gasteiger partial charge is 0.493 e. The maximum atomic E-state index is 12.9. The van der Waals surface area contributed by atoms with Crippen LogP contribution >= 0.6 is 0 Å². The van der Waals surface area contributed by atoms with Gasteiger partial charge in [-0.05, 0) is 70.4 Å². The first kappa shape index (κ1) is 29.8. The van der Waals surface area contributed by atoms with E-state index in [1.54, 1.807) is 20.8 Å². The molecule has 3 rings (SSSR count). The van der Waals surface area contributed by atoms with Crippen LogP contribution in [0.2, 0.25) is 0 Å². The maximum Gasteiger partial charge on any atom is 0.416 e. The third kappa shape index (κ3) is 9.81. The number of alkyl carbamates (subject to hydrolysis) is 1. The molecule has 212 valence electrons. The van der Waals surface area contributed by atoms with Gasteiger partial charge in [-0.2, -0.15) is 13.2 Å². The van der Waals surface area contributed by atoms with Crippen LogP contribution in [-0.2, 0) is 15.7 Å². The molecule has 1 fully saturated rings. The quantitative estimate of drug-likeness (QED) is 0.443. The van der Waals surface area contributed by atoms with E-state index in [0.29, 0.717) is 25.0 Å². The van der Waals surface area contributed by atoms with Crippen LogP contribution in [0.15, 0.2) is 54.6 Å². The molecule has 3 amide bonds. The molecule has 11 heteroatoms. The summed E-state index contributed by atoms with van der Waals surface area (Å²) in [5, 5.41) is 8.16. The Labute approximate surface area is 225 Å². The number of nitrogens with one attached hydrogen (secondary N) is 3. The van der Waals surface area contributed by atoms with Gasteiger partial charge >= 0.3 is 12.3 Å². The number of carbonyl (C=O) groups excluding carboxylic acids is 3. The molecule has 8 nitrogen and oxygen atoms in total. The second kappa shape index (κ2) is 12.9. The summed E-state index contributed by atoms with van der Waals surface area (Å²) in [4.78, 5) is 37.3. The molecule has 0 spiro atoms. The number of para-hydroxylation sites is 1. The van der Waals surface area contributed by atoms with Crippen molar-refractivity contribution >= 4 is 17.9 Å². The molecule has 3 N–H and O–H groups in total. The van der Waals surface area contributed by atoms with E-state index in [1.807, 2.05) is 30.3 Å². The Morgan fingerprint density at radius 1 is 0.949 bits per heavy atom. The summed E-state index contributed by atoms with van der Waals surface area (Å²) in [7, 11) is 0. The number of halogens is 3. The molecule has 0 bridgehead atoms. The number of alkyl halides is 3. The van der Waals surface area contributed by atoms with Crippen molar-refractivity contribution in [1.82, 2.24) is 16.0 Å². The number of benzene rings is 2. The Morgan fingerprint density at radius 3 is 2.33 bits per heavy atom. The van der Waals surface area contributed by atoms with Crippen molar-refractivity contribution < 1.29 is 37.0 Å². The van der Waals surface area contributed by atoms with Gasteiger partial charge in [0.15, 0.2) is 0 Å². The lowest BCUT2D eigenvalue weighted by Crippen LogP contribution is -2.52. The van der Waals surface area contributed by atoms with Crippen LogP contribution in [-0.4, -0.2) is 48.7 Å². The van der Waals surface area contributed by atoms with E-state index in [9.17, 15) is 27.6 Å². The van der Waals surface area contributed by atoms with Gasteiger partial charge in [-0.3, -0.25) is 9.59 Å². The fourth-order valence-electron chi connectivity index (χ4n) is 4.32. The Balaban J connectivity index is 1.58. The SMILES string of the molecule is CC(C)(C)OC(=O)N[C@@H]1CC[C@H](NC(=O)CNC(=O)c2cccc(C(F)(F)F)c2)[C@H](COc2ccccc2)C1. The van der Waals surface area contributed by atoms with E-state index in [0.717, 1.165) is 18.2 Å². The van der Waals surface area contributed by atoms with Crippen molar-refractivity contribution in [3.8, 4) is 5.75 Å². The highest BCUT2D eigenvalue weighted by Crippen LogP contribution is 2.30. The monoisotopic (exact) mass is 549 g/mol. The van der Waals surface area contributed by atoms with Gasteiger partial charge in [0.2, 0.25) is 5.91 Å². The minimum absolute atomic E-state index is 0.165. The van der Waals surface area contributed by atoms with Crippen LogP contribution in [0.1, 0.15) is 56.0 Å². The molecule has 0 heterocycles. The van der Waals surface area contributed by atoms with Gasteiger partial charge in [0.05, 0.1) is 18.7 Å². The van der Waals surface area contributed by atoms with Gasteiger partial charge < -0.3 is 25.4 Å². The van der Waals surface area contributed by atoms with E-state index in [4.69, 9.17) is 9.47 Å². The predicted molar refractivity (Wildman–Crippen MR) is 138 cm³/mol. The molecule has 2 aromatic rings. The Bertz CT molecular complexity index is 1140. The number of carbonyl (C=O) groups is 3. The number of hydrogen-bond acceptors (Lipinski definition) is 5. The van der Waals surface area contributed by atoms with Crippen molar-refractivity contribution in [2.24, 2.45) is 5.92 Å². The molecule has 1 aliphatic carbocycles. The van der Waals surface area contributed by atoms with Gasteiger partial charge in [0.1, 0.15) is 11.4 Å². The average molecular weight is 550 g/mol. The van der Waals surface area contributed by atoms with Gasteiger partial charge in [-0.1, -0.05) is 24.3 Å². The van der Waals surface area contributed by atoms with Crippen LogP contribution < -0.4 is 20.7 Å². The molecular weight excluding hydrogens is 515 g/mol. The maximum absolute atomic E-state index is 12.9. The summed E-state index contributed by atoms with van der Waals surface area (Å²) in [6.45, 7) is 5.21. The number of hydrogen-bond donors (Lipinski definition) is 3. The predicted octanol–water partition coefficient (Wildman–Crippen LogP) is 4.69. The molecule has 39 heavy (non-hydrogen) atoms. The van der Waals surface area contributed by atoms with Gasteiger partial charge in [-0.25, -0.2) is 4.79 Å². The normalized spacial score (nSPS) is 19.5. The second-order valence-electron chi connectivity index (χ2n) is 10.5. The Hall–Kier alpha value is -3.76. The molecule has 0 unspecified atom stereocenters. The molecule has 0 aromatic heterocycles. The number of rotatable bonds is 8. The standard InChI is InChI=1S/C28H34F3N3O5/c1-27(2,3)39-26(37)33-21-12-13-23(19(15-21)17-38-22-10-5-4-6-11-22)34-24(35)16-32-25(36)18-8-7-9-20(14-18)28(29,30)31/h4-11,14,19,21,23H,12-13,15-17H2,1-3H3,(H,32,36)(H,33,37)(H,34,35)/t19-,21+,23-/m0/s1. The van der Waals surface area contributed by atoms with Gasteiger partial charge in [0, 0.05) is 23.6 Å². The molecule has 2 aromatic carbocycles. The van der Waals surface area contributed by atoms with Crippen molar-refractivity contribution in [1.29, 1.82) is 0 Å². The summed E-state index contributed by atoms with van der Waals surface area (Å²) >= 11 is 0. The molecule has 0 saturated heterocycles. The number of ether oxygens (including phenoxy) is 2. The van der Waals surface area contributed by atoms with Gasteiger partial charge in [0.25, 0.3) is 5.91 Å². The summed E-state index contributed by atoms with van der Waals surface area (Å²) < 4.78 is 50.1. The lowest BCUT2D eigenvalue weighted by Gasteiger charge is -2.37. The fraction of sp³-hybridized carbons (Fsp3) is 0.464. The zero-order valence-corrected chi connectivity index (χ0v) is 22.1. The van der Waals surface area contributed by atoms with Crippen molar-refractivity contribution in [2.75, 3.05) is 13.2 Å². The van der Waals surface area contributed by atoms with Gasteiger partial charge in [-0.15, -0.1) is 0 Å². The Kier molecular flexibility index (Phi) is 9.82. The lowest BCUT2D eigenvalue weighted by atomic mass is 9.82. The highest BCUT2D eigenvalue weighted by atomic mass is 19.4. The first-order valence-corrected chi connectivity index (χ1v) is 12.7. The zero-order valence-electron chi connectivity index (χ0n) is 22.1. The zero-order chi connectivity index (χ0) is 28.6. The van der Waals surface area contributed by atoms with E-state index >= 15 is 0 Å². The van der Waals surface area contributed by atoms with E-state index < -0.39 is 41.8 Å². The second-order valence-corrected chi connectivity index (χ2v) is 10.5. The topological polar surface area (TPSA) is 106 Å². The smallest absolute Gasteiger partial charge is 0.416 e. The van der Waals surface area contributed by atoms with Crippen LogP contribution in [0.25, 0.3) is 0 Å². The summed E-state index contributed by atoms with van der Waals surface area (Å²) in [6, 6.07) is 12.7. The Morgan fingerprint density at radius 2 is 1.67 bits per heavy atom. The third-order valence-electron chi connectivity index (χ3n) is 6.12. The highest BCUT2D eigenvalue weighted by molar-refractivity contribution is 5.96. The first-order chi connectivity index (χ1) is 18.3. The minimum atomic E-state index is -4.58. The van der Waals surface area contributed by atoms with Crippen LogP contribution in [0, 0.1) is 5.92 Å². The van der Waals surface area contributed by atoms with Crippen molar-refractivity contribution in [3.05, 3.63) is 65.7 Å². The average Bonchev–Trinajstić information content (AvgIpc) is 2.86. The minimum Gasteiger partial charge on any atom is -0.493 e. The molecular formula is C28H34F3N3O5. The third-order valence-corrected chi connectivity index (χ3v) is 6.12. The van der Waals surface area contributed by atoms with Crippen molar-refractivity contribution in [3.63, 3.8) is 0 Å². The van der Waals surface area contributed by atoms with E-state index in [1.165, 1.54) is 6.07 Å². The van der Waals surface area contributed by atoms with Crippen LogP contribution in [0.4, 0.5) is 18.0 Å². The molecule has 0 aliphatic heterocycles. The van der Waals surface area contributed by atoms with Crippen LogP contribution in [0.3, 0.4) is 0 Å². The lowest BCUT2D eigenvalue weighted by molar-refractivity contribution is -0.137. The summed E-state index contributed by atoms with van der Waals surface area (Å²) in [5.74, 6) is -0.769. The molecule has 1 aliphatic rings. The van der Waals surface area contributed by atoms with E-state index in [2.05, 4.69) is 16.0 Å². The van der Waals surface area contributed by atoms with Crippen LogP contribution in [0.5, 0.6) is 5.75 Å². The molecule has 3 atom stereocenters. The molecule has 0 radical (unpaired) electrons. The molecule has 1 saturated carbocycles. The van der Waals surface area contributed by atoms with Crippen molar-refractivity contribution in [2.45, 2.75) is 63.9 Å². The van der Waals surface area contributed by atoms with E-state index in [-0.39, 0.29) is 30.2 Å². The fourth-order valence-corrected chi connectivity index (χ4v) is 4.32. The summed E-state index contributed by atoms with van der Waals surface area (Å²) in [5.41, 5.74) is -1.78. The summed E-state index contributed by atoms with van der Waals surface area (Å²) in [6.07, 6.45) is -3.45. The highest BCUT2D eigenvalue weighted by Gasteiger charge is 2.34. The first-order valence-electron chi connectivity index (χ1n) is 12.7. The number of amides is 3.